The molecular formula is C21H39N5O5S. The zero-order valence-electron chi connectivity index (χ0n) is 19.3. The molecule has 0 aromatic rings. The van der Waals surface area contributed by atoms with Gasteiger partial charge in [0.05, 0.1) is 6.04 Å². The second-order valence-corrected chi connectivity index (χ2v) is 9.39. The van der Waals surface area contributed by atoms with Gasteiger partial charge in [0.1, 0.15) is 18.1 Å². The van der Waals surface area contributed by atoms with E-state index in [1.54, 1.807) is 13.8 Å². The van der Waals surface area contributed by atoms with Gasteiger partial charge in [-0.2, -0.15) is 11.8 Å². The van der Waals surface area contributed by atoms with E-state index in [4.69, 9.17) is 5.73 Å². The zero-order valence-corrected chi connectivity index (χ0v) is 20.1. The van der Waals surface area contributed by atoms with Gasteiger partial charge in [-0.05, 0) is 69.5 Å². The predicted molar refractivity (Wildman–Crippen MR) is 125 cm³/mol. The van der Waals surface area contributed by atoms with Gasteiger partial charge in [0, 0.05) is 0 Å². The zero-order chi connectivity index (χ0) is 24.1. The number of carboxylic acid groups (broad SMARTS) is 1. The van der Waals surface area contributed by atoms with Gasteiger partial charge in [0.2, 0.25) is 17.7 Å². The molecule has 4 unspecified atom stereocenters. The van der Waals surface area contributed by atoms with Crippen LogP contribution in [-0.2, 0) is 19.2 Å². The van der Waals surface area contributed by atoms with Crippen LogP contribution in [0.5, 0.6) is 0 Å². The summed E-state index contributed by atoms with van der Waals surface area (Å²) in [5.41, 5.74) is 5.56. The lowest BCUT2D eigenvalue weighted by Crippen LogP contribution is -2.57. The van der Waals surface area contributed by atoms with Crippen molar-refractivity contribution in [1.29, 1.82) is 0 Å². The van der Waals surface area contributed by atoms with Gasteiger partial charge >= 0.3 is 5.97 Å². The van der Waals surface area contributed by atoms with E-state index in [0.29, 0.717) is 44.4 Å². The molecular weight excluding hydrogens is 434 g/mol. The lowest BCUT2D eigenvalue weighted by molar-refractivity contribution is -0.143. The Balaban J connectivity index is 2.88. The van der Waals surface area contributed by atoms with Gasteiger partial charge in [-0.1, -0.05) is 13.8 Å². The number of hydrogen-bond donors (Lipinski definition) is 6. The number of nitrogens with two attached hydrogens (primary N) is 1. The first kappa shape index (κ1) is 28.2. The molecule has 184 valence electrons. The summed E-state index contributed by atoms with van der Waals surface area (Å²) in [6.45, 7) is 4.65. The quantitative estimate of drug-likeness (QED) is 0.178. The van der Waals surface area contributed by atoms with E-state index in [-0.39, 0.29) is 17.9 Å². The van der Waals surface area contributed by atoms with Gasteiger partial charge in [-0.25, -0.2) is 4.79 Å². The van der Waals surface area contributed by atoms with Gasteiger partial charge < -0.3 is 32.1 Å². The number of rotatable bonds is 15. The molecule has 10 nitrogen and oxygen atoms in total. The lowest BCUT2D eigenvalue weighted by Gasteiger charge is -2.26. The molecule has 1 rings (SSSR count). The van der Waals surface area contributed by atoms with Gasteiger partial charge in [0.15, 0.2) is 0 Å². The third kappa shape index (κ3) is 9.74. The normalized spacial score (nSPS) is 18.6. The van der Waals surface area contributed by atoms with Crippen LogP contribution in [0.4, 0.5) is 0 Å². The minimum Gasteiger partial charge on any atom is -0.480 e. The van der Waals surface area contributed by atoms with Crippen LogP contribution in [0.15, 0.2) is 0 Å². The Morgan fingerprint density at radius 1 is 1.06 bits per heavy atom. The molecule has 1 saturated heterocycles. The topological polar surface area (TPSA) is 163 Å². The highest BCUT2D eigenvalue weighted by Crippen LogP contribution is 2.09. The van der Waals surface area contributed by atoms with E-state index in [1.807, 2.05) is 6.26 Å². The number of aliphatic carboxylic acids is 1. The van der Waals surface area contributed by atoms with Crippen molar-refractivity contribution < 1.29 is 24.3 Å². The number of carbonyl (C=O) groups is 4. The number of carbonyl (C=O) groups excluding carboxylic acids is 3. The van der Waals surface area contributed by atoms with Crippen molar-refractivity contribution in [3.63, 3.8) is 0 Å². The molecule has 1 aliphatic rings. The minimum atomic E-state index is -1.13. The molecule has 0 aromatic carbocycles. The van der Waals surface area contributed by atoms with Crippen LogP contribution in [0.25, 0.3) is 0 Å². The monoisotopic (exact) mass is 473 g/mol. The number of nitrogens with one attached hydrogen (secondary N) is 4. The average molecular weight is 474 g/mol. The molecule has 32 heavy (non-hydrogen) atoms. The van der Waals surface area contributed by atoms with E-state index >= 15 is 0 Å². The van der Waals surface area contributed by atoms with Gasteiger partial charge in [-0.15, -0.1) is 0 Å². The molecule has 3 amide bonds. The largest absolute Gasteiger partial charge is 0.480 e. The summed E-state index contributed by atoms with van der Waals surface area (Å²) >= 11 is 1.52. The molecule has 1 aliphatic heterocycles. The predicted octanol–water partition coefficient (Wildman–Crippen LogP) is -0.184. The van der Waals surface area contributed by atoms with Crippen molar-refractivity contribution in [2.45, 2.75) is 76.5 Å². The van der Waals surface area contributed by atoms with E-state index in [2.05, 4.69) is 21.3 Å². The molecule has 0 radical (unpaired) electrons. The molecule has 1 fully saturated rings. The van der Waals surface area contributed by atoms with Crippen LogP contribution in [-0.4, -0.2) is 78.1 Å². The third-order valence-corrected chi connectivity index (χ3v) is 6.07. The van der Waals surface area contributed by atoms with Crippen molar-refractivity contribution in [2.24, 2.45) is 11.7 Å². The minimum absolute atomic E-state index is 0.230. The standard InChI is InChI=1S/C21H39N5O5S/c1-13(2)17(21(30)31)26-20(29)16(9-12-32-3)25-19(28)15(7-4-5-10-22)24-18(27)14-8-6-11-23-14/h13-17,23H,4-12,22H2,1-3H3,(H,24,27)(H,25,28)(H,26,29)(H,30,31). The average Bonchev–Trinajstić information content (AvgIpc) is 3.28. The Hall–Kier alpha value is -1.85. The first-order valence-corrected chi connectivity index (χ1v) is 12.7. The van der Waals surface area contributed by atoms with Crippen LogP contribution in [0.3, 0.4) is 0 Å². The number of amides is 3. The maximum absolute atomic E-state index is 13.0. The summed E-state index contributed by atoms with van der Waals surface area (Å²) in [4.78, 5) is 49.9. The maximum Gasteiger partial charge on any atom is 0.326 e. The number of thioether (sulfide) groups is 1. The SMILES string of the molecule is CSCCC(NC(=O)C(CCCCN)NC(=O)C1CCCN1)C(=O)NC(C(=O)O)C(C)C. The summed E-state index contributed by atoms with van der Waals surface area (Å²) in [5, 5.41) is 20.6. The number of unbranched alkanes of at least 4 members (excludes halogenated alkanes) is 1. The summed E-state index contributed by atoms with van der Waals surface area (Å²) in [6, 6.07) is -3.06. The maximum atomic E-state index is 13.0. The van der Waals surface area contributed by atoms with Crippen LogP contribution in [0.2, 0.25) is 0 Å². The molecule has 0 aromatic heterocycles. The molecule has 1 heterocycles. The summed E-state index contributed by atoms with van der Waals surface area (Å²) < 4.78 is 0. The van der Waals surface area contributed by atoms with Crippen LogP contribution in [0, 0.1) is 5.92 Å². The van der Waals surface area contributed by atoms with Crippen LogP contribution in [0.1, 0.15) is 52.4 Å². The van der Waals surface area contributed by atoms with E-state index < -0.39 is 35.9 Å². The second-order valence-electron chi connectivity index (χ2n) is 8.41. The molecule has 0 spiro atoms. The fourth-order valence-electron chi connectivity index (χ4n) is 3.49. The fourth-order valence-corrected chi connectivity index (χ4v) is 3.96. The highest BCUT2D eigenvalue weighted by molar-refractivity contribution is 7.98. The van der Waals surface area contributed by atoms with Gasteiger partial charge in [0.25, 0.3) is 0 Å². The highest BCUT2D eigenvalue weighted by atomic mass is 32.2. The lowest BCUT2D eigenvalue weighted by atomic mass is 10.0. The van der Waals surface area contributed by atoms with Crippen molar-refractivity contribution in [1.82, 2.24) is 21.3 Å². The Bertz CT molecular complexity index is 628. The second kappa shape index (κ2) is 15.1. The number of hydrogen-bond acceptors (Lipinski definition) is 7. The van der Waals surface area contributed by atoms with E-state index in [0.717, 1.165) is 13.0 Å². The number of carboxylic acids is 1. The molecule has 7 N–H and O–H groups in total. The van der Waals surface area contributed by atoms with Crippen molar-refractivity contribution in [2.75, 3.05) is 25.1 Å². The smallest absolute Gasteiger partial charge is 0.326 e. The van der Waals surface area contributed by atoms with Crippen molar-refractivity contribution >= 4 is 35.5 Å². The molecule has 0 bridgehead atoms. The fraction of sp³-hybridized carbons (Fsp3) is 0.810. The Labute approximate surface area is 194 Å². The van der Waals surface area contributed by atoms with Gasteiger partial charge in [-0.3, -0.25) is 14.4 Å². The summed E-state index contributed by atoms with van der Waals surface area (Å²) in [7, 11) is 0. The van der Waals surface area contributed by atoms with Crippen LogP contribution < -0.4 is 27.0 Å². The third-order valence-electron chi connectivity index (χ3n) is 5.43. The highest BCUT2D eigenvalue weighted by Gasteiger charge is 2.31. The van der Waals surface area contributed by atoms with Crippen molar-refractivity contribution in [3.05, 3.63) is 0 Å². The van der Waals surface area contributed by atoms with Crippen LogP contribution >= 0.6 is 11.8 Å². The molecule has 4 atom stereocenters. The Kier molecular flexibility index (Phi) is 13.3. The summed E-state index contributed by atoms with van der Waals surface area (Å²) in [5.74, 6) is -2.06. The molecule has 11 heteroatoms. The Morgan fingerprint density at radius 2 is 1.72 bits per heavy atom. The summed E-state index contributed by atoms with van der Waals surface area (Å²) in [6.07, 6.45) is 5.62. The first-order valence-electron chi connectivity index (χ1n) is 11.3. The van der Waals surface area contributed by atoms with E-state index in [9.17, 15) is 24.3 Å². The van der Waals surface area contributed by atoms with Crippen molar-refractivity contribution in [3.8, 4) is 0 Å². The van der Waals surface area contributed by atoms with E-state index in [1.165, 1.54) is 11.8 Å². The Morgan fingerprint density at radius 3 is 2.25 bits per heavy atom. The molecule has 0 aliphatic carbocycles. The first-order chi connectivity index (χ1) is 15.2. The molecule has 0 saturated carbocycles.